The molecule has 2 N–H and O–H groups in total. The highest BCUT2D eigenvalue weighted by molar-refractivity contribution is 7.11. The van der Waals surface area contributed by atoms with Crippen molar-refractivity contribution in [2.24, 2.45) is 4.99 Å². The summed E-state index contributed by atoms with van der Waals surface area (Å²) < 4.78 is 24.8. The lowest BCUT2D eigenvalue weighted by Crippen LogP contribution is -2.43. The van der Waals surface area contributed by atoms with Crippen LogP contribution in [0.3, 0.4) is 0 Å². The fourth-order valence-electron chi connectivity index (χ4n) is 4.93. The number of halogens is 2. The first-order valence-electron chi connectivity index (χ1n) is 10.9. The number of carbonyl (C=O) groups is 1. The molecular weight excluding hydrogens is 495 g/mol. The third-order valence-electron chi connectivity index (χ3n) is 6.51. The number of esters is 1. The summed E-state index contributed by atoms with van der Waals surface area (Å²) in [6.45, 7) is 1.42. The van der Waals surface area contributed by atoms with E-state index in [9.17, 15) is 9.18 Å². The molecule has 5 heterocycles. The van der Waals surface area contributed by atoms with Gasteiger partial charge in [-0.2, -0.15) is 5.10 Å². The number of ether oxygens (including phenoxy) is 2. The van der Waals surface area contributed by atoms with Gasteiger partial charge in [0, 0.05) is 40.0 Å². The van der Waals surface area contributed by atoms with Crippen LogP contribution in [0, 0.1) is 5.82 Å². The lowest BCUT2D eigenvalue weighted by atomic mass is 9.95. The SMILES string of the molecule is COC(=O)C1=C(CN2C3COC[C@H]2c2[nH]ncc23)NC(c2nccs2)=NC1c1ccc(F)cc1Cl. The van der Waals surface area contributed by atoms with Crippen molar-refractivity contribution >= 4 is 34.7 Å². The molecule has 0 radical (unpaired) electrons. The van der Waals surface area contributed by atoms with E-state index < -0.39 is 17.8 Å². The lowest BCUT2D eigenvalue weighted by Gasteiger charge is -2.37. The number of aromatic nitrogens is 3. The molecule has 3 aliphatic rings. The summed E-state index contributed by atoms with van der Waals surface area (Å²) in [5.74, 6) is -0.505. The number of morpholine rings is 1. The van der Waals surface area contributed by atoms with E-state index >= 15 is 0 Å². The van der Waals surface area contributed by atoms with Gasteiger partial charge < -0.3 is 14.8 Å². The molecule has 2 aromatic heterocycles. The number of nitrogens with one attached hydrogen (secondary N) is 2. The Labute approximate surface area is 208 Å². The van der Waals surface area contributed by atoms with Gasteiger partial charge in [-0.25, -0.2) is 14.2 Å². The topological polar surface area (TPSA) is 105 Å². The summed E-state index contributed by atoms with van der Waals surface area (Å²) in [4.78, 5) is 24.6. The molecule has 1 fully saturated rings. The van der Waals surface area contributed by atoms with Gasteiger partial charge in [0.2, 0.25) is 0 Å². The highest BCUT2D eigenvalue weighted by Gasteiger charge is 2.45. The average molecular weight is 515 g/mol. The Bertz CT molecular complexity index is 1330. The van der Waals surface area contributed by atoms with Crippen molar-refractivity contribution in [2.75, 3.05) is 26.9 Å². The highest BCUT2D eigenvalue weighted by Crippen LogP contribution is 2.45. The van der Waals surface area contributed by atoms with Crippen molar-refractivity contribution in [3.8, 4) is 0 Å². The Morgan fingerprint density at radius 2 is 2.20 bits per heavy atom. The van der Waals surface area contributed by atoms with E-state index in [-0.39, 0.29) is 17.1 Å². The van der Waals surface area contributed by atoms with Crippen LogP contribution < -0.4 is 5.32 Å². The zero-order chi connectivity index (χ0) is 24.1. The number of aromatic amines is 1. The first-order valence-corrected chi connectivity index (χ1v) is 12.2. The highest BCUT2D eigenvalue weighted by atomic mass is 35.5. The molecule has 9 nitrogen and oxygen atoms in total. The number of hydrogen-bond donors (Lipinski definition) is 2. The molecule has 0 saturated carbocycles. The van der Waals surface area contributed by atoms with Gasteiger partial charge in [0.25, 0.3) is 0 Å². The molecule has 2 unspecified atom stereocenters. The lowest BCUT2D eigenvalue weighted by molar-refractivity contribution is -0.136. The number of nitrogens with zero attached hydrogens (tertiary/aromatic N) is 4. The second-order valence-corrected chi connectivity index (χ2v) is 9.67. The number of fused-ring (bicyclic) bond motifs is 5. The molecule has 3 aromatic rings. The van der Waals surface area contributed by atoms with Gasteiger partial charge in [-0.05, 0) is 12.1 Å². The maximum Gasteiger partial charge on any atom is 0.338 e. The normalized spacial score (nSPS) is 23.6. The van der Waals surface area contributed by atoms with Gasteiger partial charge in [0.1, 0.15) is 11.9 Å². The molecule has 35 heavy (non-hydrogen) atoms. The molecule has 1 aromatic carbocycles. The smallest absolute Gasteiger partial charge is 0.338 e. The van der Waals surface area contributed by atoms with Gasteiger partial charge in [-0.1, -0.05) is 17.7 Å². The van der Waals surface area contributed by atoms with E-state index in [4.69, 9.17) is 26.1 Å². The maximum atomic E-state index is 13.8. The van der Waals surface area contributed by atoms with Crippen LogP contribution in [0.4, 0.5) is 4.39 Å². The zero-order valence-electron chi connectivity index (χ0n) is 18.5. The summed E-state index contributed by atoms with van der Waals surface area (Å²) in [5.41, 5.74) is 3.55. The van der Waals surface area contributed by atoms with Crippen LogP contribution in [-0.2, 0) is 14.3 Å². The average Bonchev–Trinajstić information content (AvgIpc) is 3.58. The van der Waals surface area contributed by atoms with E-state index in [0.717, 1.165) is 11.3 Å². The first kappa shape index (κ1) is 22.4. The Morgan fingerprint density at radius 1 is 1.34 bits per heavy atom. The third-order valence-corrected chi connectivity index (χ3v) is 7.62. The maximum absolute atomic E-state index is 13.8. The minimum atomic E-state index is -0.802. The predicted molar refractivity (Wildman–Crippen MR) is 127 cm³/mol. The Hall–Kier alpha value is -3.12. The van der Waals surface area contributed by atoms with Gasteiger partial charge in [0.15, 0.2) is 10.8 Å². The molecule has 2 bridgehead atoms. The summed E-state index contributed by atoms with van der Waals surface area (Å²) in [5, 5.41) is 13.3. The molecule has 3 aliphatic heterocycles. The van der Waals surface area contributed by atoms with Crippen molar-refractivity contribution in [1.82, 2.24) is 25.4 Å². The van der Waals surface area contributed by atoms with Crippen LogP contribution in [0.2, 0.25) is 5.02 Å². The van der Waals surface area contributed by atoms with Gasteiger partial charge in [-0.15, -0.1) is 11.3 Å². The summed E-state index contributed by atoms with van der Waals surface area (Å²) >= 11 is 7.85. The standard InChI is InChI=1S/C23H20ClFN6O3S/c1-33-23(32)18-15(8-31-16-9-34-10-17(31)19-13(16)7-27-30-19)28-21(22-26-4-5-35-22)29-20(18)12-3-2-11(25)6-14(12)24/h2-7,16-17,20H,8-10H2,1H3,(H,27,30)(H,28,29)/t16?,17-,20?/m0/s1. The Morgan fingerprint density at radius 3 is 2.97 bits per heavy atom. The summed E-state index contributed by atoms with van der Waals surface area (Å²) in [6, 6.07) is 3.22. The molecule has 180 valence electrons. The number of H-pyrrole nitrogens is 1. The Kier molecular flexibility index (Phi) is 5.64. The molecule has 12 heteroatoms. The number of benzene rings is 1. The van der Waals surface area contributed by atoms with E-state index in [2.05, 4.69) is 25.4 Å². The van der Waals surface area contributed by atoms with Crippen LogP contribution in [0.1, 0.15) is 40.0 Å². The first-order chi connectivity index (χ1) is 17.0. The van der Waals surface area contributed by atoms with Crippen molar-refractivity contribution in [3.05, 3.63) is 79.9 Å². The summed E-state index contributed by atoms with van der Waals surface area (Å²) in [6.07, 6.45) is 3.51. The largest absolute Gasteiger partial charge is 0.466 e. The molecular formula is C23H20ClFN6O3S. The number of aliphatic imine (C=N–C) groups is 1. The fraction of sp³-hybridized carbons (Fsp3) is 0.304. The monoisotopic (exact) mass is 514 g/mol. The van der Waals surface area contributed by atoms with Gasteiger partial charge in [0.05, 0.1) is 49.9 Å². The van der Waals surface area contributed by atoms with Crippen molar-refractivity contribution in [3.63, 3.8) is 0 Å². The van der Waals surface area contributed by atoms with Gasteiger partial charge in [-0.3, -0.25) is 15.0 Å². The van der Waals surface area contributed by atoms with Crippen molar-refractivity contribution in [1.29, 1.82) is 0 Å². The molecule has 1 saturated heterocycles. The third kappa shape index (κ3) is 3.75. The van der Waals surface area contributed by atoms with Gasteiger partial charge >= 0.3 is 5.97 Å². The minimum Gasteiger partial charge on any atom is -0.466 e. The number of rotatable bonds is 5. The molecule has 3 atom stereocenters. The number of amidine groups is 1. The van der Waals surface area contributed by atoms with E-state index in [0.29, 0.717) is 47.4 Å². The number of carbonyl (C=O) groups excluding carboxylic acids is 1. The number of hydrogen-bond acceptors (Lipinski definition) is 9. The van der Waals surface area contributed by atoms with Crippen LogP contribution in [0.25, 0.3) is 0 Å². The van der Waals surface area contributed by atoms with Crippen LogP contribution in [-0.4, -0.2) is 58.8 Å². The van der Waals surface area contributed by atoms with Crippen LogP contribution in [0.5, 0.6) is 0 Å². The predicted octanol–water partition coefficient (Wildman–Crippen LogP) is 3.31. The molecule has 0 spiro atoms. The number of methoxy groups -OCH3 is 1. The second kappa shape index (κ2) is 8.83. The number of thiazole rings is 1. The van der Waals surface area contributed by atoms with Crippen molar-refractivity contribution in [2.45, 2.75) is 18.1 Å². The Balaban J connectivity index is 1.46. The van der Waals surface area contributed by atoms with E-state index in [1.165, 1.54) is 30.6 Å². The van der Waals surface area contributed by atoms with Crippen LogP contribution in [0.15, 0.2) is 52.2 Å². The minimum absolute atomic E-state index is 0.00858. The summed E-state index contributed by atoms with van der Waals surface area (Å²) in [7, 11) is 1.32. The molecule has 6 rings (SSSR count). The quantitative estimate of drug-likeness (QED) is 0.503. The van der Waals surface area contributed by atoms with Crippen molar-refractivity contribution < 1.29 is 18.7 Å². The second-order valence-electron chi connectivity index (χ2n) is 8.37. The van der Waals surface area contributed by atoms with Crippen LogP contribution >= 0.6 is 22.9 Å². The van der Waals surface area contributed by atoms with E-state index in [1.54, 1.807) is 12.3 Å². The van der Waals surface area contributed by atoms with E-state index in [1.807, 2.05) is 11.6 Å². The molecule has 0 aliphatic carbocycles. The fourth-order valence-corrected chi connectivity index (χ4v) is 5.78. The zero-order valence-corrected chi connectivity index (χ0v) is 20.1. The molecule has 0 amide bonds.